The number of halogens is 1. The van der Waals surface area contributed by atoms with Gasteiger partial charge in [-0.05, 0) is 44.4 Å². The minimum atomic E-state index is -0.0931. The Morgan fingerprint density at radius 2 is 1.61 bits per heavy atom. The van der Waals surface area contributed by atoms with E-state index in [1.165, 1.54) is 0 Å². The van der Waals surface area contributed by atoms with Gasteiger partial charge in [0, 0.05) is 45.6 Å². The summed E-state index contributed by atoms with van der Waals surface area (Å²) in [7, 11) is 3.95. The average Bonchev–Trinajstić information content (AvgIpc) is 3.38. The third kappa shape index (κ3) is 4.98. The molecule has 0 aliphatic carbocycles. The van der Waals surface area contributed by atoms with Crippen LogP contribution in [0.2, 0.25) is 5.02 Å². The van der Waals surface area contributed by atoms with Crippen LogP contribution in [0.4, 0.5) is 0 Å². The van der Waals surface area contributed by atoms with E-state index in [0.717, 1.165) is 45.5 Å². The van der Waals surface area contributed by atoms with Gasteiger partial charge in [-0.2, -0.15) is 5.10 Å². The van der Waals surface area contributed by atoms with Gasteiger partial charge in [0.05, 0.1) is 11.4 Å². The van der Waals surface area contributed by atoms with Crippen LogP contribution in [0.5, 0.6) is 0 Å². The second-order valence-corrected chi connectivity index (χ2v) is 9.19. The first-order valence-corrected chi connectivity index (χ1v) is 12.0. The maximum atomic E-state index is 12.4. The molecule has 8 heteroatoms. The smallest absolute Gasteiger partial charge is 0.251 e. The van der Waals surface area contributed by atoms with Crippen molar-refractivity contribution in [3.63, 3.8) is 0 Å². The third-order valence-electron chi connectivity index (χ3n) is 5.91. The molecule has 0 bridgehead atoms. The normalized spacial score (nSPS) is 11.2. The van der Waals surface area contributed by atoms with E-state index in [0.29, 0.717) is 22.8 Å². The molecule has 7 nitrogen and oxygen atoms in total. The van der Waals surface area contributed by atoms with Crippen LogP contribution < -0.4 is 5.32 Å². The summed E-state index contributed by atoms with van der Waals surface area (Å²) in [5.41, 5.74) is 5.43. The summed E-state index contributed by atoms with van der Waals surface area (Å²) in [5, 5.41) is 22.2. The Labute approximate surface area is 214 Å². The monoisotopic (exact) mass is 496 g/mol. The molecule has 0 saturated heterocycles. The molecule has 2 heterocycles. The number of carbonyl (C=O) groups excluding carboxylic acids is 1. The van der Waals surface area contributed by atoms with Gasteiger partial charge < -0.3 is 10.2 Å². The number of nitrogens with zero attached hydrogens (tertiary/aromatic N) is 4. The summed E-state index contributed by atoms with van der Waals surface area (Å²) >= 11 is 6.15. The van der Waals surface area contributed by atoms with Crippen molar-refractivity contribution in [2.24, 2.45) is 0 Å². The van der Waals surface area contributed by atoms with Crippen LogP contribution in [0, 0.1) is 0 Å². The number of aromatic nitrogens is 4. The van der Waals surface area contributed by atoms with Crippen LogP contribution >= 0.6 is 11.6 Å². The first-order chi connectivity index (χ1) is 17.5. The minimum absolute atomic E-state index is 0.0931. The minimum Gasteiger partial charge on any atom is -0.351 e. The Bertz CT molecular complexity index is 1530. The number of likely N-dealkylation sites (N-methyl/N-ethyl adjacent to an activating group) is 1. The van der Waals surface area contributed by atoms with E-state index < -0.39 is 0 Å². The molecule has 2 N–H and O–H groups in total. The van der Waals surface area contributed by atoms with Gasteiger partial charge in [0.2, 0.25) is 0 Å². The number of hydrogen-bond acceptors (Lipinski definition) is 5. The third-order valence-corrected chi connectivity index (χ3v) is 6.14. The van der Waals surface area contributed by atoms with Crippen molar-refractivity contribution in [2.45, 2.75) is 0 Å². The molecule has 5 aromatic rings. The Morgan fingerprint density at radius 1 is 0.889 bits per heavy atom. The Kier molecular flexibility index (Phi) is 6.75. The molecule has 0 spiro atoms. The molecule has 0 aliphatic heterocycles. The van der Waals surface area contributed by atoms with Gasteiger partial charge in [-0.3, -0.25) is 9.89 Å². The number of amides is 1. The van der Waals surface area contributed by atoms with Crippen molar-refractivity contribution in [3.8, 4) is 33.9 Å². The lowest BCUT2D eigenvalue weighted by Crippen LogP contribution is -2.31. The fourth-order valence-electron chi connectivity index (χ4n) is 4.03. The topological polar surface area (TPSA) is 86.8 Å². The summed E-state index contributed by atoms with van der Waals surface area (Å²) in [5.74, 6) is -0.0931. The maximum Gasteiger partial charge on any atom is 0.251 e. The molecule has 0 radical (unpaired) electrons. The van der Waals surface area contributed by atoms with Gasteiger partial charge in [0.25, 0.3) is 5.91 Å². The standard InChI is InChI=1S/C28H25ClN6O/c1-35(2)15-14-30-28(36)19-12-10-18(11-13-19)26-22-8-3-4-9-23(22)27(34-33-26)25-17-24(31-32-25)20-6-5-7-21(29)16-20/h3-13,16-17H,14-15H2,1-2H3,(H,30,36)(H,31,32). The van der Waals surface area contributed by atoms with Crippen molar-refractivity contribution in [3.05, 3.63) is 89.4 Å². The second-order valence-electron chi connectivity index (χ2n) is 8.76. The number of aromatic amines is 1. The molecule has 180 valence electrons. The summed E-state index contributed by atoms with van der Waals surface area (Å²) in [6.07, 6.45) is 0. The molecule has 5 rings (SSSR count). The Balaban J connectivity index is 1.45. The predicted molar refractivity (Wildman–Crippen MR) is 144 cm³/mol. The lowest BCUT2D eigenvalue weighted by atomic mass is 10.0. The molecule has 2 aromatic heterocycles. The largest absolute Gasteiger partial charge is 0.351 e. The van der Waals surface area contributed by atoms with Gasteiger partial charge >= 0.3 is 0 Å². The highest BCUT2D eigenvalue weighted by atomic mass is 35.5. The highest BCUT2D eigenvalue weighted by molar-refractivity contribution is 6.30. The summed E-state index contributed by atoms with van der Waals surface area (Å²) in [4.78, 5) is 14.5. The zero-order valence-electron chi connectivity index (χ0n) is 20.0. The van der Waals surface area contributed by atoms with Crippen LogP contribution in [0.3, 0.4) is 0 Å². The summed E-state index contributed by atoms with van der Waals surface area (Å²) in [6, 6.07) is 25.0. The number of nitrogens with one attached hydrogen (secondary N) is 2. The second kappa shape index (κ2) is 10.3. The molecule has 0 saturated carbocycles. The quantitative estimate of drug-likeness (QED) is 0.319. The highest BCUT2D eigenvalue weighted by Crippen LogP contribution is 2.33. The van der Waals surface area contributed by atoms with Gasteiger partial charge in [0.15, 0.2) is 0 Å². The number of H-pyrrole nitrogens is 1. The predicted octanol–water partition coefficient (Wildman–Crippen LogP) is 5.30. The first kappa shape index (κ1) is 23.7. The average molecular weight is 497 g/mol. The Morgan fingerprint density at radius 3 is 2.33 bits per heavy atom. The lowest BCUT2D eigenvalue weighted by Gasteiger charge is -2.11. The van der Waals surface area contributed by atoms with E-state index in [1.807, 2.05) is 97.9 Å². The maximum absolute atomic E-state index is 12.4. The number of fused-ring (bicyclic) bond motifs is 1. The fraction of sp³-hybridized carbons (Fsp3) is 0.143. The van der Waals surface area contributed by atoms with E-state index >= 15 is 0 Å². The van der Waals surface area contributed by atoms with Crippen LogP contribution in [0.25, 0.3) is 44.7 Å². The zero-order chi connectivity index (χ0) is 25.1. The van der Waals surface area contributed by atoms with Gasteiger partial charge in [-0.15, -0.1) is 10.2 Å². The first-order valence-electron chi connectivity index (χ1n) is 11.6. The highest BCUT2D eigenvalue weighted by Gasteiger charge is 2.15. The van der Waals surface area contributed by atoms with Crippen molar-refractivity contribution >= 4 is 28.3 Å². The molecule has 0 aliphatic rings. The SMILES string of the molecule is CN(C)CCNC(=O)c1ccc(-c2nnc(-c3cc(-c4cccc(Cl)c4)n[nH]3)c3ccccc23)cc1. The van der Waals surface area contributed by atoms with Crippen LogP contribution in [-0.4, -0.2) is 58.4 Å². The van der Waals surface area contributed by atoms with E-state index in [1.54, 1.807) is 0 Å². The van der Waals surface area contributed by atoms with Gasteiger partial charge in [0.1, 0.15) is 11.4 Å². The van der Waals surface area contributed by atoms with Crippen LogP contribution in [-0.2, 0) is 0 Å². The van der Waals surface area contributed by atoms with Gasteiger partial charge in [-0.25, -0.2) is 0 Å². The van der Waals surface area contributed by atoms with Crippen molar-refractivity contribution in [1.29, 1.82) is 0 Å². The summed E-state index contributed by atoms with van der Waals surface area (Å²) < 4.78 is 0. The van der Waals surface area contributed by atoms with Crippen molar-refractivity contribution in [1.82, 2.24) is 30.6 Å². The molecule has 36 heavy (non-hydrogen) atoms. The Hall–Kier alpha value is -4.07. The molecule has 0 unspecified atom stereocenters. The number of benzene rings is 3. The van der Waals surface area contributed by atoms with Gasteiger partial charge in [-0.1, -0.05) is 60.1 Å². The van der Waals surface area contributed by atoms with E-state index in [9.17, 15) is 4.79 Å². The molecular formula is C28H25ClN6O. The molecule has 3 aromatic carbocycles. The zero-order valence-corrected chi connectivity index (χ0v) is 20.8. The van der Waals surface area contributed by atoms with E-state index in [2.05, 4.69) is 25.7 Å². The van der Waals surface area contributed by atoms with Crippen molar-refractivity contribution in [2.75, 3.05) is 27.2 Å². The van der Waals surface area contributed by atoms with Crippen molar-refractivity contribution < 1.29 is 4.79 Å². The number of hydrogen-bond donors (Lipinski definition) is 2. The summed E-state index contributed by atoms with van der Waals surface area (Å²) in [6.45, 7) is 1.38. The lowest BCUT2D eigenvalue weighted by molar-refractivity contribution is 0.0951. The van der Waals surface area contributed by atoms with E-state index in [-0.39, 0.29) is 5.91 Å². The van der Waals surface area contributed by atoms with E-state index in [4.69, 9.17) is 11.6 Å². The number of carbonyl (C=O) groups is 1. The molecule has 1 amide bonds. The molecule has 0 atom stereocenters. The fourth-order valence-corrected chi connectivity index (χ4v) is 4.22. The van der Waals surface area contributed by atoms with Crippen LogP contribution in [0.15, 0.2) is 78.9 Å². The number of rotatable bonds is 7. The van der Waals surface area contributed by atoms with Crippen LogP contribution in [0.1, 0.15) is 10.4 Å². The molecular weight excluding hydrogens is 472 g/mol. The molecule has 0 fully saturated rings.